The maximum absolute atomic E-state index is 14.9. The van der Waals surface area contributed by atoms with Crippen LogP contribution in [-0.4, -0.2) is 62.2 Å². The van der Waals surface area contributed by atoms with Crippen molar-refractivity contribution in [2.75, 3.05) is 18.6 Å². The predicted octanol–water partition coefficient (Wildman–Crippen LogP) is 3.19. The topological polar surface area (TPSA) is 126 Å². The molecule has 0 radical (unpaired) electrons. The fourth-order valence-corrected chi connectivity index (χ4v) is 6.54. The van der Waals surface area contributed by atoms with Gasteiger partial charge in [-0.15, -0.1) is 11.3 Å². The molecule has 2 aliphatic heterocycles. The number of aromatic amines is 1. The average Bonchev–Trinajstić information content (AvgIpc) is 3.45. The molecule has 0 unspecified atom stereocenters. The minimum Gasteiger partial charge on any atom is -0.390 e. The van der Waals surface area contributed by atoms with Crippen LogP contribution >= 0.6 is 22.9 Å². The summed E-state index contributed by atoms with van der Waals surface area (Å²) in [6, 6.07) is 2.91. The highest BCUT2D eigenvalue weighted by atomic mass is 35.5. The van der Waals surface area contributed by atoms with Crippen molar-refractivity contribution in [1.29, 1.82) is 0 Å². The monoisotopic (exact) mass is 503 g/mol. The Kier molecular flexibility index (Phi) is 5.41. The van der Waals surface area contributed by atoms with Crippen LogP contribution in [-0.2, 0) is 18.0 Å². The molecule has 4 atom stereocenters. The van der Waals surface area contributed by atoms with Crippen LogP contribution in [0.1, 0.15) is 23.5 Å². The molecule has 4 aromatic rings. The maximum atomic E-state index is 14.9. The molecule has 0 amide bonds. The number of aliphatic hydroxyl groups excluding tert-OH is 1. The van der Waals surface area contributed by atoms with E-state index in [1.54, 1.807) is 7.11 Å². The molecule has 7 rings (SSSR count). The van der Waals surface area contributed by atoms with Gasteiger partial charge in [-0.25, -0.2) is 19.3 Å². The summed E-state index contributed by atoms with van der Waals surface area (Å²) in [6.45, 7) is 0.672. The van der Waals surface area contributed by atoms with Crippen LogP contribution in [0.4, 0.5) is 10.2 Å². The number of benzene rings is 1. The number of aliphatic hydroxyl groups is 1. The number of halogens is 2. The summed E-state index contributed by atoms with van der Waals surface area (Å²) in [5, 5.41) is 18.9. The van der Waals surface area contributed by atoms with E-state index in [1.165, 1.54) is 11.3 Å². The fourth-order valence-electron chi connectivity index (χ4n) is 5.19. The lowest BCUT2D eigenvalue weighted by molar-refractivity contribution is 0.0961. The molecule has 3 fully saturated rings. The Bertz CT molecular complexity index is 1390. The molecule has 34 heavy (non-hydrogen) atoms. The van der Waals surface area contributed by atoms with Crippen molar-refractivity contribution >= 4 is 50.1 Å². The molecular weight excluding hydrogens is 481 g/mol. The van der Waals surface area contributed by atoms with Crippen LogP contribution in [0.3, 0.4) is 0 Å². The van der Waals surface area contributed by atoms with Crippen LogP contribution < -0.4 is 10.6 Å². The third kappa shape index (κ3) is 3.29. The molecule has 0 spiro atoms. The van der Waals surface area contributed by atoms with E-state index in [1.807, 2.05) is 17.0 Å². The van der Waals surface area contributed by atoms with Gasteiger partial charge in [0, 0.05) is 25.3 Å². The highest BCUT2D eigenvalue weighted by Gasteiger charge is 2.47. The SMILES string of the molecule is COCc1nc2ccc(-c3[nH]nc4nc(N5C[C@H]6CC[C@@H]5[C@@H](F)[C@H]6N)c(CO)nc34)c(Cl)c2s1. The van der Waals surface area contributed by atoms with Gasteiger partial charge < -0.3 is 20.5 Å². The molecule has 3 aliphatic rings. The number of hydrogen-bond donors (Lipinski definition) is 3. The second kappa shape index (κ2) is 8.35. The number of thiazole rings is 1. The van der Waals surface area contributed by atoms with E-state index in [0.29, 0.717) is 58.5 Å². The lowest BCUT2D eigenvalue weighted by Crippen LogP contribution is -2.64. The van der Waals surface area contributed by atoms with Crippen molar-refractivity contribution in [3.05, 3.63) is 27.9 Å². The fraction of sp³-hybridized carbons (Fsp3) is 0.455. The molecule has 1 saturated carbocycles. The second-order valence-electron chi connectivity index (χ2n) is 8.82. The van der Waals surface area contributed by atoms with Gasteiger partial charge in [-0.2, -0.15) is 5.10 Å². The number of nitrogens with one attached hydrogen (secondary N) is 1. The summed E-state index contributed by atoms with van der Waals surface area (Å²) in [5.74, 6) is 0.511. The van der Waals surface area contributed by atoms with Gasteiger partial charge in [-0.3, -0.25) is 5.10 Å². The third-order valence-electron chi connectivity index (χ3n) is 6.88. The van der Waals surface area contributed by atoms with Gasteiger partial charge in [0.2, 0.25) is 5.65 Å². The van der Waals surface area contributed by atoms with E-state index in [4.69, 9.17) is 32.0 Å². The van der Waals surface area contributed by atoms with Gasteiger partial charge >= 0.3 is 0 Å². The minimum atomic E-state index is -1.14. The average molecular weight is 504 g/mol. The molecule has 9 nitrogen and oxygen atoms in total. The van der Waals surface area contributed by atoms with Crippen molar-refractivity contribution < 1.29 is 14.2 Å². The van der Waals surface area contributed by atoms with Crippen LogP contribution in [0, 0.1) is 5.92 Å². The van der Waals surface area contributed by atoms with E-state index in [0.717, 1.165) is 21.6 Å². The highest BCUT2D eigenvalue weighted by molar-refractivity contribution is 7.19. The highest BCUT2D eigenvalue weighted by Crippen LogP contribution is 2.41. The standard InChI is InChI=1S/C22H23ClFN7O2S/c1-33-8-14-26-11-4-3-10(15(23)20(11)34-14)18-19-21(30-29-18)28-22(12(7-32)27-19)31-6-9-2-5-13(31)16(24)17(9)25/h3-4,9,13,16-17,32H,2,5-8,25H2,1H3,(H,28,29,30)/t9-,13-,16-,17+/m1/s1. The number of nitrogens with zero attached hydrogens (tertiary/aromatic N) is 5. The van der Waals surface area contributed by atoms with Gasteiger partial charge in [0.05, 0.1) is 40.2 Å². The third-order valence-corrected chi connectivity index (χ3v) is 8.45. The van der Waals surface area contributed by atoms with Crippen molar-refractivity contribution in [3.8, 4) is 11.3 Å². The lowest BCUT2D eigenvalue weighted by Gasteiger charge is -2.51. The first-order chi connectivity index (χ1) is 16.5. The van der Waals surface area contributed by atoms with Crippen LogP contribution in [0.15, 0.2) is 12.1 Å². The zero-order chi connectivity index (χ0) is 23.6. The molecule has 3 aromatic heterocycles. The Hall–Kier alpha value is -2.44. The van der Waals surface area contributed by atoms with Crippen LogP contribution in [0.5, 0.6) is 0 Å². The lowest BCUT2D eigenvalue weighted by atomic mass is 9.75. The molecule has 1 aromatic carbocycles. The largest absolute Gasteiger partial charge is 0.390 e. The maximum Gasteiger partial charge on any atom is 0.202 e. The number of rotatable bonds is 5. The number of piperidine rings is 2. The summed E-state index contributed by atoms with van der Waals surface area (Å²) in [5.41, 5.74) is 9.42. The zero-order valence-corrected chi connectivity index (χ0v) is 19.9. The Balaban J connectivity index is 1.44. The molecular formula is C22H23ClFN7O2S. The normalized spacial score (nSPS) is 24.6. The summed E-state index contributed by atoms with van der Waals surface area (Å²) < 4.78 is 20.9. The first-order valence-electron chi connectivity index (χ1n) is 11.1. The van der Waals surface area contributed by atoms with Crippen molar-refractivity contribution in [3.63, 3.8) is 0 Å². The number of anilines is 1. The number of nitrogens with two attached hydrogens (primary N) is 1. The molecule has 178 valence electrons. The molecule has 5 heterocycles. The first-order valence-corrected chi connectivity index (χ1v) is 12.3. The van der Waals surface area contributed by atoms with Gasteiger partial charge in [0.15, 0.2) is 5.82 Å². The molecule has 1 aliphatic carbocycles. The Morgan fingerprint density at radius 2 is 2.18 bits per heavy atom. The number of methoxy groups -OCH3 is 1. The second-order valence-corrected chi connectivity index (χ2v) is 10.3. The smallest absolute Gasteiger partial charge is 0.202 e. The van der Waals surface area contributed by atoms with Crippen LogP contribution in [0.25, 0.3) is 32.6 Å². The predicted molar refractivity (Wildman–Crippen MR) is 129 cm³/mol. The Morgan fingerprint density at radius 3 is 2.94 bits per heavy atom. The summed E-state index contributed by atoms with van der Waals surface area (Å²) in [6.07, 6.45) is 0.453. The number of fused-ring (bicyclic) bond motifs is 5. The number of aromatic nitrogens is 5. The molecule has 4 N–H and O–H groups in total. The van der Waals surface area contributed by atoms with Gasteiger partial charge in [-0.05, 0) is 30.9 Å². The van der Waals surface area contributed by atoms with E-state index >= 15 is 0 Å². The van der Waals surface area contributed by atoms with E-state index in [-0.39, 0.29) is 18.6 Å². The molecule has 2 bridgehead atoms. The Labute approximate surface area is 203 Å². The summed E-state index contributed by atoms with van der Waals surface area (Å²) in [7, 11) is 1.62. The van der Waals surface area contributed by atoms with E-state index in [9.17, 15) is 9.50 Å². The van der Waals surface area contributed by atoms with Crippen molar-refractivity contribution in [2.45, 2.75) is 44.3 Å². The number of hydrogen-bond acceptors (Lipinski definition) is 9. The first kappa shape index (κ1) is 22.1. The van der Waals surface area contributed by atoms with Gasteiger partial charge in [0.25, 0.3) is 0 Å². The molecule has 12 heteroatoms. The van der Waals surface area contributed by atoms with Crippen molar-refractivity contribution in [2.24, 2.45) is 11.7 Å². The Morgan fingerprint density at radius 1 is 1.32 bits per heavy atom. The van der Waals surface area contributed by atoms with Gasteiger partial charge in [0.1, 0.15) is 22.4 Å². The van der Waals surface area contributed by atoms with Gasteiger partial charge in [-0.1, -0.05) is 11.6 Å². The van der Waals surface area contributed by atoms with Crippen molar-refractivity contribution in [1.82, 2.24) is 25.1 Å². The number of alkyl halides is 1. The summed E-state index contributed by atoms with van der Waals surface area (Å²) in [4.78, 5) is 15.8. The quantitative estimate of drug-likeness (QED) is 0.379. The van der Waals surface area contributed by atoms with E-state index < -0.39 is 12.2 Å². The minimum absolute atomic E-state index is 0.0479. The number of H-pyrrole nitrogens is 1. The molecule has 2 saturated heterocycles. The zero-order valence-electron chi connectivity index (χ0n) is 18.3. The number of ether oxygens (including phenoxy) is 1. The van der Waals surface area contributed by atoms with Crippen LogP contribution in [0.2, 0.25) is 5.02 Å². The van der Waals surface area contributed by atoms with E-state index in [2.05, 4.69) is 15.2 Å². The summed E-state index contributed by atoms with van der Waals surface area (Å²) >= 11 is 8.24.